The molecule has 1 aliphatic heterocycles. The van der Waals surface area contributed by atoms with Gasteiger partial charge in [-0.2, -0.15) is 0 Å². The molecule has 1 atom stereocenters. The summed E-state index contributed by atoms with van der Waals surface area (Å²) >= 11 is 0. The molecule has 2 amide bonds. The molecule has 132 valence electrons. The quantitative estimate of drug-likeness (QED) is 0.870. The summed E-state index contributed by atoms with van der Waals surface area (Å²) in [6, 6.07) is 6.23. The first kappa shape index (κ1) is 18.4. The Hall–Kier alpha value is -1.89. The molecular formula is C17H24N2O4S. The van der Waals surface area contributed by atoms with Crippen LogP contribution in [0.2, 0.25) is 0 Å². The van der Waals surface area contributed by atoms with Crippen molar-refractivity contribution in [1.82, 2.24) is 10.2 Å². The summed E-state index contributed by atoms with van der Waals surface area (Å²) in [6.45, 7) is 6.05. The highest BCUT2D eigenvalue weighted by atomic mass is 32.2. The largest absolute Gasteiger partial charge is 0.350 e. The molecule has 0 saturated carbocycles. The van der Waals surface area contributed by atoms with Gasteiger partial charge in [-0.15, -0.1) is 0 Å². The van der Waals surface area contributed by atoms with E-state index in [9.17, 15) is 18.0 Å². The molecule has 0 radical (unpaired) electrons. The van der Waals surface area contributed by atoms with Crippen molar-refractivity contribution in [2.75, 3.05) is 18.1 Å². The lowest BCUT2D eigenvalue weighted by Gasteiger charge is -2.27. The van der Waals surface area contributed by atoms with Gasteiger partial charge in [0.25, 0.3) is 11.8 Å². The van der Waals surface area contributed by atoms with Crippen molar-refractivity contribution in [3.8, 4) is 0 Å². The van der Waals surface area contributed by atoms with Crippen LogP contribution in [0.15, 0.2) is 24.3 Å². The van der Waals surface area contributed by atoms with Crippen molar-refractivity contribution < 1.29 is 18.0 Å². The Morgan fingerprint density at radius 3 is 2.25 bits per heavy atom. The van der Waals surface area contributed by atoms with Gasteiger partial charge in [-0.05, 0) is 51.5 Å². The SMILES string of the molecule is CCN(C(=O)c1ccc(C(=O)NC(C)C)cc1)C1CCS(=O)(=O)C1. The van der Waals surface area contributed by atoms with Crippen LogP contribution in [0.25, 0.3) is 0 Å². The summed E-state index contributed by atoms with van der Waals surface area (Å²) in [7, 11) is -3.04. The van der Waals surface area contributed by atoms with Crippen LogP contribution in [0.1, 0.15) is 47.9 Å². The number of nitrogens with one attached hydrogen (secondary N) is 1. The molecule has 1 unspecified atom stereocenters. The van der Waals surface area contributed by atoms with E-state index in [-0.39, 0.29) is 35.4 Å². The molecule has 24 heavy (non-hydrogen) atoms. The number of rotatable bonds is 5. The van der Waals surface area contributed by atoms with Crippen LogP contribution < -0.4 is 5.32 Å². The lowest BCUT2D eigenvalue weighted by Crippen LogP contribution is -2.41. The molecule has 1 fully saturated rings. The molecule has 7 heteroatoms. The standard InChI is InChI=1S/C17H24N2O4S/c1-4-19(15-9-10-24(22,23)11-15)17(21)14-7-5-13(6-8-14)16(20)18-12(2)3/h5-8,12,15H,4,9-11H2,1-3H3,(H,18,20). The maximum absolute atomic E-state index is 12.7. The number of benzene rings is 1. The first-order valence-corrected chi connectivity index (χ1v) is 9.98. The zero-order valence-corrected chi connectivity index (χ0v) is 15.1. The summed E-state index contributed by atoms with van der Waals surface area (Å²) in [6.07, 6.45) is 0.483. The lowest BCUT2D eigenvalue weighted by molar-refractivity contribution is 0.0707. The van der Waals surface area contributed by atoms with Crippen molar-refractivity contribution in [2.45, 2.75) is 39.3 Å². The minimum atomic E-state index is -3.04. The third-order valence-electron chi connectivity index (χ3n) is 4.06. The molecule has 2 rings (SSSR count). The van der Waals surface area contributed by atoms with E-state index in [1.54, 1.807) is 29.2 Å². The van der Waals surface area contributed by atoms with Crippen LogP contribution >= 0.6 is 0 Å². The van der Waals surface area contributed by atoms with Gasteiger partial charge in [0.05, 0.1) is 11.5 Å². The molecule has 1 aromatic rings. The first-order chi connectivity index (χ1) is 11.2. The Morgan fingerprint density at radius 2 is 1.79 bits per heavy atom. The highest BCUT2D eigenvalue weighted by Crippen LogP contribution is 2.20. The lowest BCUT2D eigenvalue weighted by atomic mass is 10.1. The van der Waals surface area contributed by atoms with Crippen molar-refractivity contribution in [2.24, 2.45) is 0 Å². The van der Waals surface area contributed by atoms with Gasteiger partial charge < -0.3 is 10.2 Å². The molecule has 1 heterocycles. The number of hydrogen-bond acceptors (Lipinski definition) is 4. The van der Waals surface area contributed by atoms with Gasteiger partial charge in [0.1, 0.15) is 0 Å². The Kier molecular flexibility index (Phi) is 5.64. The van der Waals surface area contributed by atoms with E-state index in [1.165, 1.54) is 0 Å². The maximum Gasteiger partial charge on any atom is 0.254 e. The highest BCUT2D eigenvalue weighted by Gasteiger charge is 2.34. The third-order valence-corrected chi connectivity index (χ3v) is 5.81. The molecule has 6 nitrogen and oxygen atoms in total. The molecule has 1 saturated heterocycles. The molecule has 0 aliphatic carbocycles. The van der Waals surface area contributed by atoms with Crippen LogP contribution in [-0.4, -0.2) is 55.3 Å². The van der Waals surface area contributed by atoms with Gasteiger partial charge in [-0.1, -0.05) is 0 Å². The number of carbonyl (C=O) groups excluding carboxylic acids is 2. The number of amides is 2. The maximum atomic E-state index is 12.7. The van der Waals surface area contributed by atoms with Gasteiger partial charge in [0.2, 0.25) is 0 Å². The summed E-state index contributed by atoms with van der Waals surface area (Å²) in [5.41, 5.74) is 0.953. The Labute approximate surface area is 143 Å². The normalized spacial score (nSPS) is 19.2. The molecule has 0 bridgehead atoms. The Bertz CT molecular complexity index is 711. The zero-order chi connectivity index (χ0) is 17.9. The number of nitrogens with zero attached hydrogens (tertiary/aromatic N) is 1. The van der Waals surface area contributed by atoms with E-state index in [2.05, 4.69) is 5.32 Å². The van der Waals surface area contributed by atoms with E-state index in [1.807, 2.05) is 20.8 Å². The van der Waals surface area contributed by atoms with Gasteiger partial charge in [-0.3, -0.25) is 9.59 Å². The third kappa shape index (κ3) is 4.35. The van der Waals surface area contributed by atoms with Crippen LogP contribution in [-0.2, 0) is 9.84 Å². The van der Waals surface area contributed by atoms with Crippen molar-refractivity contribution in [1.29, 1.82) is 0 Å². The smallest absolute Gasteiger partial charge is 0.254 e. The second-order valence-corrected chi connectivity index (χ2v) is 8.58. The predicted octanol–water partition coefficient (Wildman–Crippen LogP) is 1.47. The van der Waals surface area contributed by atoms with E-state index >= 15 is 0 Å². The van der Waals surface area contributed by atoms with E-state index in [0.717, 1.165) is 0 Å². The van der Waals surface area contributed by atoms with Gasteiger partial charge in [0, 0.05) is 29.8 Å². The van der Waals surface area contributed by atoms with E-state index in [0.29, 0.717) is 24.1 Å². The monoisotopic (exact) mass is 352 g/mol. The Balaban J connectivity index is 2.12. The molecule has 1 N–H and O–H groups in total. The molecule has 0 aromatic heterocycles. The van der Waals surface area contributed by atoms with Crippen molar-refractivity contribution in [3.63, 3.8) is 0 Å². The Morgan fingerprint density at radius 1 is 1.21 bits per heavy atom. The molecule has 0 spiro atoms. The van der Waals surface area contributed by atoms with Crippen LogP contribution in [0.4, 0.5) is 0 Å². The number of carbonyl (C=O) groups is 2. The van der Waals surface area contributed by atoms with Gasteiger partial charge in [0.15, 0.2) is 9.84 Å². The van der Waals surface area contributed by atoms with Crippen LogP contribution in [0, 0.1) is 0 Å². The number of hydrogen-bond donors (Lipinski definition) is 1. The van der Waals surface area contributed by atoms with Crippen LogP contribution in [0.5, 0.6) is 0 Å². The zero-order valence-electron chi connectivity index (χ0n) is 14.3. The molecular weight excluding hydrogens is 328 g/mol. The van der Waals surface area contributed by atoms with Gasteiger partial charge >= 0.3 is 0 Å². The minimum absolute atomic E-state index is 0.0292. The topological polar surface area (TPSA) is 83.6 Å². The van der Waals surface area contributed by atoms with Crippen LogP contribution in [0.3, 0.4) is 0 Å². The van der Waals surface area contributed by atoms with Gasteiger partial charge in [-0.25, -0.2) is 8.42 Å². The van der Waals surface area contributed by atoms with Crippen molar-refractivity contribution in [3.05, 3.63) is 35.4 Å². The summed E-state index contributed by atoms with van der Waals surface area (Å²) in [4.78, 5) is 26.2. The fourth-order valence-corrected chi connectivity index (χ4v) is 4.60. The second-order valence-electron chi connectivity index (χ2n) is 6.35. The average Bonchev–Trinajstić information content (AvgIpc) is 2.87. The fraction of sp³-hybridized carbons (Fsp3) is 0.529. The predicted molar refractivity (Wildman–Crippen MR) is 92.8 cm³/mol. The first-order valence-electron chi connectivity index (χ1n) is 8.16. The average molecular weight is 352 g/mol. The summed E-state index contributed by atoms with van der Waals surface area (Å²) < 4.78 is 23.3. The summed E-state index contributed by atoms with van der Waals surface area (Å²) in [5, 5.41) is 2.79. The van der Waals surface area contributed by atoms with E-state index < -0.39 is 9.84 Å². The molecule has 1 aromatic carbocycles. The second kappa shape index (κ2) is 7.34. The highest BCUT2D eigenvalue weighted by molar-refractivity contribution is 7.91. The van der Waals surface area contributed by atoms with Crippen molar-refractivity contribution >= 4 is 21.7 Å². The fourth-order valence-electron chi connectivity index (χ4n) is 2.86. The summed E-state index contributed by atoms with van der Waals surface area (Å²) in [5.74, 6) is -0.217. The molecule has 1 aliphatic rings. The van der Waals surface area contributed by atoms with E-state index in [4.69, 9.17) is 0 Å². The minimum Gasteiger partial charge on any atom is -0.350 e. The number of sulfone groups is 1.